The summed E-state index contributed by atoms with van der Waals surface area (Å²) in [7, 11) is 0. The van der Waals surface area contributed by atoms with Crippen molar-refractivity contribution < 1.29 is 9.84 Å². The highest BCUT2D eigenvalue weighted by Crippen LogP contribution is 2.13. The molecule has 0 radical (unpaired) electrons. The fourth-order valence-electron chi connectivity index (χ4n) is 1.94. The van der Waals surface area contributed by atoms with E-state index in [1.54, 1.807) is 0 Å². The van der Waals surface area contributed by atoms with E-state index in [2.05, 4.69) is 11.8 Å². The zero-order valence-electron chi connectivity index (χ0n) is 12.0. The van der Waals surface area contributed by atoms with Crippen molar-refractivity contribution in [3.05, 3.63) is 29.8 Å². The van der Waals surface area contributed by atoms with Gasteiger partial charge in [-0.2, -0.15) is 0 Å². The van der Waals surface area contributed by atoms with Crippen LogP contribution in [-0.2, 0) is 0 Å². The van der Waals surface area contributed by atoms with Crippen LogP contribution >= 0.6 is 12.2 Å². The van der Waals surface area contributed by atoms with E-state index in [1.165, 1.54) is 0 Å². The molecule has 0 aliphatic heterocycles. The lowest BCUT2D eigenvalue weighted by atomic mass is 10.2. The van der Waals surface area contributed by atoms with Gasteiger partial charge >= 0.3 is 0 Å². The number of benzene rings is 1. The quantitative estimate of drug-likeness (QED) is 0.509. The minimum Gasteiger partial charge on any atom is -0.494 e. The van der Waals surface area contributed by atoms with E-state index >= 15 is 0 Å². The number of hydrogen-bond donors (Lipinski definition) is 2. The molecule has 0 saturated carbocycles. The van der Waals surface area contributed by atoms with E-state index in [0.717, 1.165) is 43.8 Å². The maximum Gasteiger partial charge on any atom is 0.119 e. The first-order valence-electron chi connectivity index (χ1n) is 7.03. The molecule has 0 saturated heterocycles. The summed E-state index contributed by atoms with van der Waals surface area (Å²) in [6.45, 7) is 5.95. The van der Waals surface area contributed by atoms with Crippen molar-refractivity contribution in [2.45, 2.75) is 19.8 Å². The molecule has 0 spiro atoms. The summed E-state index contributed by atoms with van der Waals surface area (Å²) in [5, 5.41) is 8.83. The summed E-state index contributed by atoms with van der Waals surface area (Å²) < 4.78 is 5.70. The van der Waals surface area contributed by atoms with E-state index < -0.39 is 0 Å². The summed E-state index contributed by atoms with van der Waals surface area (Å²) in [5.41, 5.74) is 6.42. The Hall–Kier alpha value is -1.17. The lowest BCUT2D eigenvalue weighted by molar-refractivity contribution is 0.213. The Labute approximate surface area is 126 Å². The van der Waals surface area contributed by atoms with Crippen LogP contribution in [-0.4, -0.2) is 47.8 Å². The van der Waals surface area contributed by atoms with E-state index in [-0.39, 0.29) is 6.61 Å². The van der Waals surface area contributed by atoms with E-state index in [1.807, 2.05) is 24.3 Å². The molecule has 1 aromatic carbocycles. The zero-order valence-corrected chi connectivity index (χ0v) is 12.9. The van der Waals surface area contributed by atoms with Gasteiger partial charge in [0.1, 0.15) is 10.7 Å². The van der Waals surface area contributed by atoms with E-state index in [0.29, 0.717) is 11.6 Å². The van der Waals surface area contributed by atoms with Gasteiger partial charge in [-0.05, 0) is 31.5 Å². The summed E-state index contributed by atoms with van der Waals surface area (Å²) in [4.78, 5) is 2.70. The molecule has 0 fully saturated rings. The molecule has 4 nitrogen and oxygen atoms in total. The first-order chi connectivity index (χ1) is 9.67. The second-order valence-corrected chi connectivity index (χ2v) is 5.05. The molecule has 20 heavy (non-hydrogen) atoms. The lowest BCUT2D eigenvalue weighted by Gasteiger charge is -2.19. The smallest absolute Gasteiger partial charge is 0.119 e. The number of nitrogens with two attached hydrogens (primary N) is 1. The highest BCUT2D eigenvalue weighted by Gasteiger charge is 2.02. The van der Waals surface area contributed by atoms with Crippen LogP contribution in [0.3, 0.4) is 0 Å². The molecular weight excluding hydrogens is 272 g/mol. The molecule has 0 aliphatic rings. The molecule has 0 unspecified atom stereocenters. The average molecular weight is 296 g/mol. The van der Waals surface area contributed by atoms with Gasteiger partial charge in [-0.15, -0.1) is 0 Å². The second-order valence-electron chi connectivity index (χ2n) is 4.61. The van der Waals surface area contributed by atoms with Crippen molar-refractivity contribution >= 4 is 17.2 Å². The lowest BCUT2D eigenvalue weighted by Crippen LogP contribution is -2.27. The Morgan fingerprint density at radius 1 is 1.35 bits per heavy atom. The highest BCUT2D eigenvalue weighted by molar-refractivity contribution is 7.80. The molecule has 0 bridgehead atoms. The van der Waals surface area contributed by atoms with Crippen molar-refractivity contribution in [3.8, 4) is 5.75 Å². The number of thiocarbonyl (C=S) groups is 1. The molecular formula is C15H24N2O2S. The number of ether oxygens (including phenoxy) is 1. The molecule has 3 N–H and O–H groups in total. The van der Waals surface area contributed by atoms with Crippen molar-refractivity contribution in [3.63, 3.8) is 0 Å². The van der Waals surface area contributed by atoms with Gasteiger partial charge < -0.3 is 20.5 Å². The van der Waals surface area contributed by atoms with Gasteiger partial charge in [0, 0.05) is 25.3 Å². The van der Waals surface area contributed by atoms with Gasteiger partial charge in [-0.3, -0.25) is 0 Å². The van der Waals surface area contributed by atoms with E-state index in [9.17, 15) is 0 Å². The molecule has 1 aromatic rings. The van der Waals surface area contributed by atoms with Crippen LogP contribution in [0.4, 0.5) is 0 Å². The maximum atomic E-state index is 8.83. The maximum absolute atomic E-state index is 8.83. The van der Waals surface area contributed by atoms with E-state index in [4.69, 9.17) is 27.8 Å². The monoisotopic (exact) mass is 296 g/mol. The molecule has 5 heteroatoms. The third-order valence-corrected chi connectivity index (χ3v) is 3.32. The van der Waals surface area contributed by atoms with Crippen LogP contribution in [0.25, 0.3) is 0 Å². The third-order valence-electron chi connectivity index (χ3n) is 3.09. The Balaban J connectivity index is 2.29. The van der Waals surface area contributed by atoms with Crippen LogP contribution in [0, 0.1) is 0 Å². The van der Waals surface area contributed by atoms with Gasteiger partial charge in [0.05, 0.1) is 6.61 Å². The van der Waals surface area contributed by atoms with Crippen LogP contribution in [0.2, 0.25) is 0 Å². The molecule has 1 rings (SSSR count). The largest absolute Gasteiger partial charge is 0.494 e. The van der Waals surface area contributed by atoms with Crippen molar-refractivity contribution in [1.29, 1.82) is 0 Å². The van der Waals surface area contributed by atoms with Gasteiger partial charge in [0.25, 0.3) is 0 Å². The van der Waals surface area contributed by atoms with Gasteiger partial charge in [-0.1, -0.05) is 31.3 Å². The van der Waals surface area contributed by atoms with Crippen molar-refractivity contribution in [2.24, 2.45) is 5.73 Å². The molecule has 0 amide bonds. The Morgan fingerprint density at radius 2 is 2.10 bits per heavy atom. The number of rotatable bonds is 10. The minimum atomic E-state index is 0.249. The zero-order chi connectivity index (χ0) is 14.8. The van der Waals surface area contributed by atoms with Crippen LogP contribution in [0.5, 0.6) is 5.75 Å². The van der Waals surface area contributed by atoms with Crippen molar-refractivity contribution in [1.82, 2.24) is 4.90 Å². The van der Waals surface area contributed by atoms with Crippen LogP contribution < -0.4 is 10.5 Å². The fraction of sp³-hybridized carbons (Fsp3) is 0.533. The average Bonchev–Trinajstić information content (AvgIpc) is 2.47. The molecule has 0 aromatic heterocycles. The van der Waals surface area contributed by atoms with Gasteiger partial charge in [-0.25, -0.2) is 0 Å². The Kier molecular flexibility index (Phi) is 8.18. The molecule has 112 valence electrons. The predicted molar refractivity (Wildman–Crippen MR) is 86.3 cm³/mol. The van der Waals surface area contributed by atoms with Crippen molar-refractivity contribution in [2.75, 3.05) is 32.8 Å². The highest BCUT2D eigenvalue weighted by atomic mass is 32.1. The Morgan fingerprint density at radius 3 is 2.75 bits per heavy atom. The number of hydrogen-bond acceptors (Lipinski definition) is 4. The normalized spacial score (nSPS) is 10.8. The van der Waals surface area contributed by atoms with Crippen LogP contribution in [0.1, 0.15) is 25.3 Å². The summed E-state index contributed by atoms with van der Waals surface area (Å²) in [6, 6.07) is 7.54. The predicted octanol–water partition coefficient (Wildman–Crippen LogP) is 1.79. The minimum absolute atomic E-state index is 0.249. The summed E-state index contributed by atoms with van der Waals surface area (Å²) in [6.07, 6.45) is 1.78. The first-order valence-corrected chi connectivity index (χ1v) is 7.44. The number of aliphatic hydroxyl groups excluding tert-OH is 1. The molecule has 0 heterocycles. The second kappa shape index (κ2) is 9.69. The Bertz CT molecular complexity index is 413. The molecule has 0 atom stereocenters. The number of aliphatic hydroxyl groups is 1. The summed E-state index contributed by atoms with van der Waals surface area (Å²) in [5.74, 6) is 0.800. The standard InChI is InChI=1S/C15H24N2O2S/c1-2-17(8-4-10-18)9-5-11-19-14-7-3-6-13(12-14)15(16)20/h3,6-7,12,18H,2,4-5,8-11H2,1H3,(H2,16,20). The fourth-order valence-corrected chi connectivity index (χ4v) is 2.07. The molecule has 0 aliphatic carbocycles. The van der Waals surface area contributed by atoms with Gasteiger partial charge in [0.2, 0.25) is 0 Å². The SMILES string of the molecule is CCN(CCCO)CCCOc1cccc(C(N)=S)c1. The topological polar surface area (TPSA) is 58.7 Å². The first kappa shape index (κ1) is 16.9. The number of nitrogens with zero attached hydrogens (tertiary/aromatic N) is 1. The third kappa shape index (κ3) is 6.32. The summed E-state index contributed by atoms with van der Waals surface area (Å²) >= 11 is 4.94. The van der Waals surface area contributed by atoms with Gasteiger partial charge in [0.15, 0.2) is 0 Å². The van der Waals surface area contributed by atoms with Crippen LogP contribution in [0.15, 0.2) is 24.3 Å².